The Morgan fingerprint density at radius 2 is 1.79 bits per heavy atom. The first-order valence-electron chi connectivity index (χ1n) is 7.46. The van der Waals surface area contributed by atoms with Crippen LogP contribution in [0, 0.1) is 5.92 Å². The van der Waals surface area contributed by atoms with Crippen LogP contribution in [0.4, 0.5) is 5.69 Å². The Labute approximate surface area is 147 Å². The Balaban J connectivity index is 0.00000288. The van der Waals surface area contributed by atoms with E-state index in [1.165, 1.54) is 33.5 Å². The minimum absolute atomic E-state index is 0. The molecule has 8 heteroatoms. The SMILES string of the molecule is COC(=O)c1cc(NC(=O)C2CCNCC2)c(OC)c(OC)c1.Cl. The van der Waals surface area contributed by atoms with Crippen molar-refractivity contribution in [2.45, 2.75) is 12.8 Å². The first-order chi connectivity index (χ1) is 11.1. The molecule has 24 heavy (non-hydrogen) atoms. The van der Waals surface area contributed by atoms with E-state index in [4.69, 9.17) is 14.2 Å². The van der Waals surface area contributed by atoms with Crippen LogP contribution >= 0.6 is 12.4 Å². The Hall–Kier alpha value is -1.99. The molecule has 1 fully saturated rings. The van der Waals surface area contributed by atoms with Crippen LogP contribution in [-0.2, 0) is 9.53 Å². The number of benzene rings is 1. The molecular formula is C16H23ClN2O5. The minimum atomic E-state index is -0.511. The third-order valence-corrected chi connectivity index (χ3v) is 3.87. The van der Waals surface area contributed by atoms with E-state index in [2.05, 4.69) is 10.6 Å². The van der Waals surface area contributed by atoms with Gasteiger partial charge >= 0.3 is 5.97 Å². The van der Waals surface area contributed by atoms with Gasteiger partial charge < -0.3 is 24.8 Å². The number of rotatable bonds is 5. The molecule has 1 aromatic rings. The molecule has 7 nitrogen and oxygen atoms in total. The molecule has 1 saturated heterocycles. The summed E-state index contributed by atoms with van der Waals surface area (Å²) in [5.41, 5.74) is 0.682. The second-order valence-corrected chi connectivity index (χ2v) is 5.26. The topological polar surface area (TPSA) is 85.9 Å². The summed E-state index contributed by atoms with van der Waals surface area (Å²) < 4.78 is 15.3. The van der Waals surface area contributed by atoms with Crippen LogP contribution < -0.4 is 20.1 Å². The van der Waals surface area contributed by atoms with Crippen LogP contribution in [0.5, 0.6) is 11.5 Å². The van der Waals surface area contributed by atoms with Crippen LogP contribution in [0.15, 0.2) is 12.1 Å². The summed E-state index contributed by atoms with van der Waals surface area (Å²) in [4.78, 5) is 24.2. The summed E-state index contributed by atoms with van der Waals surface area (Å²) in [6.45, 7) is 1.64. The van der Waals surface area contributed by atoms with Crippen molar-refractivity contribution in [3.05, 3.63) is 17.7 Å². The second kappa shape index (κ2) is 9.34. The van der Waals surface area contributed by atoms with Crippen LogP contribution in [0.2, 0.25) is 0 Å². The Morgan fingerprint density at radius 1 is 1.12 bits per heavy atom. The number of esters is 1. The molecule has 1 aromatic carbocycles. The molecule has 0 spiro atoms. The zero-order valence-corrected chi connectivity index (χ0v) is 14.8. The fourth-order valence-corrected chi connectivity index (χ4v) is 2.61. The summed E-state index contributed by atoms with van der Waals surface area (Å²) in [7, 11) is 4.25. The van der Waals surface area contributed by atoms with Gasteiger partial charge in [0.2, 0.25) is 5.91 Å². The minimum Gasteiger partial charge on any atom is -0.493 e. The van der Waals surface area contributed by atoms with Crippen LogP contribution in [-0.4, -0.2) is 46.3 Å². The zero-order chi connectivity index (χ0) is 16.8. The first kappa shape index (κ1) is 20.1. The van der Waals surface area contributed by atoms with Crippen LogP contribution in [0.1, 0.15) is 23.2 Å². The fraction of sp³-hybridized carbons (Fsp3) is 0.500. The van der Waals surface area contributed by atoms with Gasteiger partial charge in [-0.2, -0.15) is 0 Å². The maximum Gasteiger partial charge on any atom is 0.338 e. The Kier molecular flexibility index (Phi) is 7.81. The number of hydrogen-bond acceptors (Lipinski definition) is 6. The third kappa shape index (κ3) is 4.52. The van der Waals surface area contributed by atoms with Crippen molar-refractivity contribution in [1.82, 2.24) is 5.32 Å². The molecule has 134 valence electrons. The van der Waals surface area contributed by atoms with E-state index in [-0.39, 0.29) is 29.8 Å². The maximum absolute atomic E-state index is 12.4. The number of carbonyl (C=O) groups is 2. The average Bonchev–Trinajstić information content (AvgIpc) is 2.60. The van der Waals surface area contributed by atoms with Gasteiger partial charge in [-0.15, -0.1) is 12.4 Å². The summed E-state index contributed by atoms with van der Waals surface area (Å²) in [5, 5.41) is 6.07. The van der Waals surface area contributed by atoms with Gasteiger partial charge in [0, 0.05) is 5.92 Å². The van der Waals surface area contributed by atoms with Crippen LogP contribution in [0.3, 0.4) is 0 Å². The number of amides is 1. The van der Waals surface area contributed by atoms with E-state index in [1.54, 1.807) is 0 Å². The average molecular weight is 359 g/mol. The molecule has 0 radical (unpaired) electrons. The van der Waals surface area contributed by atoms with Gasteiger partial charge in [-0.1, -0.05) is 0 Å². The molecule has 0 bridgehead atoms. The third-order valence-electron chi connectivity index (χ3n) is 3.87. The van der Waals surface area contributed by atoms with E-state index in [0.29, 0.717) is 17.2 Å². The predicted octanol–water partition coefficient (Wildman–Crippen LogP) is 1.85. The highest BCUT2D eigenvalue weighted by Gasteiger charge is 2.24. The number of anilines is 1. The van der Waals surface area contributed by atoms with Gasteiger partial charge in [0.15, 0.2) is 11.5 Å². The molecule has 0 unspecified atom stereocenters. The molecule has 0 atom stereocenters. The van der Waals surface area contributed by atoms with Crippen molar-refractivity contribution in [2.75, 3.05) is 39.7 Å². The molecule has 0 aliphatic carbocycles. The van der Waals surface area contributed by atoms with Crippen molar-refractivity contribution in [1.29, 1.82) is 0 Å². The molecule has 1 aliphatic heterocycles. The number of ether oxygens (including phenoxy) is 3. The van der Waals surface area contributed by atoms with E-state index in [0.717, 1.165) is 25.9 Å². The van der Waals surface area contributed by atoms with Gasteiger partial charge in [-0.05, 0) is 38.1 Å². The normalized spacial score (nSPS) is 14.3. The number of nitrogens with one attached hydrogen (secondary N) is 2. The number of piperidine rings is 1. The van der Waals surface area contributed by atoms with Crippen molar-refractivity contribution < 1.29 is 23.8 Å². The monoisotopic (exact) mass is 358 g/mol. The van der Waals surface area contributed by atoms with Gasteiger partial charge in [0.05, 0.1) is 32.6 Å². The van der Waals surface area contributed by atoms with Crippen molar-refractivity contribution in [3.63, 3.8) is 0 Å². The lowest BCUT2D eigenvalue weighted by Crippen LogP contribution is -2.34. The van der Waals surface area contributed by atoms with Gasteiger partial charge in [0.25, 0.3) is 0 Å². The summed E-state index contributed by atoms with van der Waals surface area (Å²) in [6.07, 6.45) is 1.56. The highest BCUT2D eigenvalue weighted by atomic mass is 35.5. The van der Waals surface area contributed by atoms with Crippen LogP contribution in [0.25, 0.3) is 0 Å². The smallest absolute Gasteiger partial charge is 0.338 e. The standard InChI is InChI=1S/C16H22N2O5.ClH/c1-21-13-9-11(16(20)23-3)8-12(14(13)22-2)18-15(19)10-4-6-17-7-5-10;/h8-10,17H,4-7H2,1-3H3,(H,18,19);1H. The van der Waals surface area contributed by atoms with Crippen molar-refractivity contribution in [3.8, 4) is 11.5 Å². The van der Waals surface area contributed by atoms with E-state index in [1.807, 2.05) is 0 Å². The largest absolute Gasteiger partial charge is 0.493 e. The van der Waals surface area contributed by atoms with Gasteiger partial charge in [-0.25, -0.2) is 4.79 Å². The lowest BCUT2D eigenvalue weighted by atomic mass is 9.97. The van der Waals surface area contributed by atoms with E-state index < -0.39 is 5.97 Å². The lowest BCUT2D eigenvalue weighted by molar-refractivity contribution is -0.120. The maximum atomic E-state index is 12.4. The van der Waals surface area contributed by atoms with E-state index >= 15 is 0 Å². The molecule has 1 amide bonds. The number of hydrogen-bond donors (Lipinski definition) is 2. The first-order valence-corrected chi connectivity index (χ1v) is 7.46. The highest BCUT2D eigenvalue weighted by molar-refractivity contribution is 5.98. The molecule has 0 aromatic heterocycles. The summed E-state index contributed by atoms with van der Waals surface area (Å²) in [5.74, 6) is 0.0735. The number of methoxy groups -OCH3 is 3. The highest BCUT2D eigenvalue weighted by Crippen LogP contribution is 2.37. The molecule has 2 N–H and O–H groups in total. The van der Waals surface area contributed by atoms with Crippen molar-refractivity contribution >= 4 is 30.0 Å². The number of carbonyl (C=O) groups excluding carboxylic acids is 2. The summed E-state index contributed by atoms with van der Waals surface area (Å²) in [6, 6.07) is 3.05. The number of halogens is 1. The Bertz CT molecular complexity index is 588. The zero-order valence-electron chi connectivity index (χ0n) is 14.0. The fourth-order valence-electron chi connectivity index (χ4n) is 2.61. The van der Waals surface area contributed by atoms with Crippen molar-refractivity contribution in [2.24, 2.45) is 5.92 Å². The molecular weight excluding hydrogens is 336 g/mol. The van der Waals surface area contributed by atoms with E-state index in [9.17, 15) is 9.59 Å². The molecule has 2 rings (SSSR count). The molecule has 1 heterocycles. The second-order valence-electron chi connectivity index (χ2n) is 5.26. The molecule has 0 saturated carbocycles. The summed E-state index contributed by atoms with van der Waals surface area (Å²) >= 11 is 0. The predicted molar refractivity (Wildman–Crippen MR) is 92.4 cm³/mol. The lowest BCUT2D eigenvalue weighted by Gasteiger charge is -2.23. The van der Waals surface area contributed by atoms with Gasteiger partial charge in [-0.3, -0.25) is 4.79 Å². The quantitative estimate of drug-likeness (QED) is 0.781. The van der Waals surface area contributed by atoms with Gasteiger partial charge in [0.1, 0.15) is 0 Å². The Morgan fingerprint density at radius 3 is 2.33 bits per heavy atom. The molecule has 1 aliphatic rings.